The van der Waals surface area contributed by atoms with Crippen molar-refractivity contribution in [2.24, 2.45) is 0 Å². The van der Waals surface area contributed by atoms with Crippen molar-refractivity contribution < 1.29 is 18.3 Å². The number of rotatable bonds is 5. The van der Waals surface area contributed by atoms with Crippen molar-refractivity contribution in [1.82, 2.24) is 4.90 Å². The summed E-state index contributed by atoms with van der Waals surface area (Å²) in [5.41, 5.74) is 0. The number of thiophene rings is 1. The Bertz CT molecular complexity index is 329. The number of alkyl halides is 3. The second-order valence-electron chi connectivity index (χ2n) is 3.24. The van der Waals surface area contributed by atoms with E-state index in [0.29, 0.717) is 0 Å². The topological polar surface area (TPSA) is 23.5 Å². The lowest BCUT2D eigenvalue weighted by Gasteiger charge is -2.22. The fraction of sp³-hybridized carbons (Fsp3) is 0.556. The molecule has 0 saturated heterocycles. The highest BCUT2D eigenvalue weighted by molar-refractivity contribution is 9.10. The third-order valence-electron chi connectivity index (χ3n) is 1.88. The van der Waals surface area contributed by atoms with Gasteiger partial charge in [-0.15, -0.1) is 11.3 Å². The Morgan fingerprint density at radius 2 is 2.12 bits per heavy atom. The number of halogens is 4. The van der Waals surface area contributed by atoms with Crippen molar-refractivity contribution in [3.8, 4) is 0 Å². The minimum atomic E-state index is -4.24. The Kier molecular flexibility index (Phi) is 5.23. The Labute approximate surface area is 104 Å². The minimum absolute atomic E-state index is 0.0177. The molecule has 0 unspecified atom stereocenters. The summed E-state index contributed by atoms with van der Waals surface area (Å²) in [6, 6.07) is 1.80. The first-order valence-corrected chi connectivity index (χ1v) is 6.21. The lowest BCUT2D eigenvalue weighted by Crippen LogP contribution is -2.35. The highest BCUT2D eigenvalue weighted by Crippen LogP contribution is 2.25. The first kappa shape index (κ1) is 14.0. The molecule has 0 aliphatic carbocycles. The zero-order valence-corrected chi connectivity index (χ0v) is 10.7. The van der Waals surface area contributed by atoms with Crippen LogP contribution in [0.15, 0.2) is 15.9 Å². The van der Waals surface area contributed by atoms with Crippen LogP contribution in [0, 0.1) is 0 Å². The summed E-state index contributed by atoms with van der Waals surface area (Å²) in [4.78, 5) is 2.01. The van der Waals surface area contributed by atoms with Crippen molar-refractivity contribution >= 4 is 27.3 Å². The fourth-order valence-corrected chi connectivity index (χ4v) is 2.77. The molecule has 0 atom stereocenters. The van der Waals surface area contributed by atoms with Gasteiger partial charge in [-0.05, 0) is 27.4 Å². The van der Waals surface area contributed by atoms with Crippen LogP contribution in [0.5, 0.6) is 0 Å². The largest absolute Gasteiger partial charge is 0.401 e. The van der Waals surface area contributed by atoms with E-state index in [1.54, 1.807) is 6.07 Å². The van der Waals surface area contributed by atoms with Gasteiger partial charge >= 0.3 is 6.18 Å². The van der Waals surface area contributed by atoms with E-state index in [1.165, 1.54) is 16.2 Å². The van der Waals surface area contributed by atoms with E-state index in [4.69, 9.17) is 5.11 Å². The second-order valence-corrected chi connectivity index (χ2v) is 5.10. The molecule has 1 aromatic rings. The van der Waals surface area contributed by atoms with E-state index >= 15 is 0 Å². The molecule has 16 heavy (non-hydrogen) atoms. The predicted octanol–water partition coefficient (Wildman–Crippen LogP) is 2.87. The summed E-state index contributed by atoms with van der Waals surface area (Å²) in [7, 11) is 0. The quantitative estimate of drug-likeness (QED) is 0.902. The Hall–Kier alpha value is -0.110. The smallest absolute Gasteiger partial charge is 0.395 e. The molecule has 2 nitrogen and oxygen atoms in total. The monoisotopic (exact) mass is 317 g/mol. The van der Waals surface area contributed by atoms with Gasteiger partial charge in [-0.25, -0.2) is 0 Å². The van der Waals surface area contributed by atoms with Gasteiger partial charge in [-0.1, -0.05) is 0 Å². The molecule has 92 valence electrons. The molecule has 0 amide bonds. The van der Waals surface area contributed by atoms with Gasteiger partial charge < -0.3 is 5.11 Å². The molecule has 0 bridgehead atoms. The molecular weight excluding hydrogens is 307 g/mol. The second kappa shape index (κ2) is 6.00. The average Bonchev–Trinajstić information content (AvgIpc) is 2.49. The van der Waals surface area contributed by atoms with Gasteiger partial charge in [0.1, 0.15) is 0 Å². The van der Waals surface area contributed by atoms with Gasteiger partial charge in [0.15, 0.2) is 0 Å². The molecule has 0 spiro atoms. The molecule has 0 fully saturated rings. The van der Waals surface area contributed by atoms with Crippen LogP contribution in [-0.2, 0) is 6.54 Å². The molecule has 1 aromatic heterocycles. The zero-order valence-electron chi connectivity index (χ0n) is 8.30. The van der Waals surface area contributed by atoms with Crippen molar-refractivity contribution in [2.45, 2.75) is 12.7 Å². The van der Waals surface area contributed by atoms with Crippen LogP contribution in [0.3, 0.4) is 0 Å². The zero-order chi connectivity index (χ0) is 12.2. The summed E-state index contributed by atoms with van der Waals surface area (Å²) in [6.45, 7) is -1.07. The van der Waals surface area contributed by atoms with Crippen LogP contribution in [0.1, 0.15) is 4.88 Å². The van der Waals surface area contributed by atoms with Crippen LogP contribution in [0.25, 0.3) is 0 Å². The highest BCUT2D eigenvalue weighted by Gasteiger charge is 2.30. The molecular formula is C9H11BrF3NOS. The minimum Gasteiger partial charge on any atom is -0.395 e. The number of hydrogen-bond acceptors (Lipinski definition) is 3. The van der Waals surface area contributed by atoms with Gasteiger partial charge in [0, 0.05) is 22.4 Å². The highest BCUT2D eigenvalue weighted by atomic mass is 79.9. The van der Waals surface area contributed by atoms with E-state index in [-0.39, 0.29) is 19.7 Å². The molecule has 0 saturated carbocycles. The van der Waals surface area contributed by atoms with Crippen molar-refractivity contribution in [3.05, 3.63) is 20.8 Å². The summed E-state index contributed by atoms with van der Waals surface area (Å²) >= 11 is 4.66. The van der Waals surface area contributed by atoms with Crippen molar-refractivity contribution in [3.63, 3.8) is 0 Å². The van der Waals surface area contributed by atoms with Crippen molar-refractivity contribution in [2.75, 3.05) is 19.7 Å². The molecule has 7 heteroatoms. The fourth-order valence-electron chi connectivity index (χ4n) is 1.25. The Morgan fingerprint density at radius 3 is 2.56 bits per heavy atom. The van der Waals surface area contributed by atoms with E-state index < -0.39 is 12.7 Å². The van der Waals surface area contributed by atoms with E-state index in [0.717, 1.165) is 9.35 Å². The number of hydrogen-bond donors (Lipinski definition) is 1. The van der Waals surface area contributed by atoms with Gasteiger partial charge in [-0.2, -0.15) is 13.2 Å². The molecule has 0 aromatic carbocycles. The van der Waals surface area contributed by atoms with E-state index in [2.05, 4.69) is 15.9 Å². The van der Waals surface area contributed by atoms with Gasteiger partial charge in [-0.3, -0.25) is 4.90 Å². The molecule has 0 aliphatic heterocycles. The molecule has 1 N–H and O–H groups in total. The van der Waals surface area contributed by atoms with Crippen molar-refractivity contribution in [1.29, 1.82) is 0 Å². The third kappa shape index (κ3) is 4.82. The summed E-state index contributed by atoms with van der Waals surface area (Å²) in [5, 5.41) is 10.5. The Balaban J connectivity index is 2.61. The maximum absolute atomic E-state index is 12.2. The normalized spacial score (nSPS) is 12.4. The van der Waals surface area contributed by atoms with Gasteiger partial charge in [0.2, 0.25) is 0 Å². The van der Waals surface area contributed by atoms with Crippen LogP contribution in [-0.4, -0.2) is 35.9 Å². The molecule has 0 radical (unpaired) electrons. The first-order valence-electron chi connectivity index (χ1n) is 4.54. The SMILES string of the molecule is OCCN(Cc1sccc1Br)CC(F)(F)F. The Morgan fingerprint density at radius 1 is 1.44 bits per heavy atom. The van der Waals surface area contributed by atoms with E-state index in [9.17, 15) is 13.2 Å². The first-order chi connectivity index (χ1) is 7.42. The molecule has 1 heterocycles. The predicted molar refractivity (Wildman–Crippen MR) is 60.4 cm³/mol. The standard InChI is InChI=1S/C9H11BrF3NOS/c10-7-1-4-16-8(7)5-14(2-3-15)6-9(11,12)13/h1,4,15H,2-3,5-6H2. The lowest BCUT2D eigenvalue weighted by atomic mass is 10.4. The lowest BCUT2D eigenvalue weighted by molar-refractivity contribution is -0.147. The van der Waals surface area contributed by atoms with E-state index in [1.807, 2.05) is 5.38 Å². The summed E-state index contributed by atoms with van der Waals surface area (Å²) in [5.74, 6) is 0. The van der Waals surface area contributed by atoms with Crippen LogP contribution in [0.2, 0.25) is 0 Å². The summed E-state index contributed by atoms with van der Waals surface area (Å²) < 4.78 is 37.5. The average molecular weight is 318 g/mol. The van der Waals surface area contributed by atoms with Gasteiger partial charge in [0.25, 0.3) is 0 Å². The third-order valence-corrected chi connectivity index (χ3v) is 3.79. The van der Waals surface area contributed by atoms with Gasteiger partial charge in [0.05, 0.1) is 13.2 Å². The number of nitrogens with zero attached hydrogens (tertiary/aromatic N) is 1. The maximum Gasteiger partial charge on any atom is 0.401 e. The summed E-state index contributed by atoms with van der Waals surface area (Å²) in [6.07, 6.45) is -4.24. The number of aliphatic hydroxyl groups excluding tert-OH is 1. The van der Waals surface area contributed by atoms with Crippen LogP contribution < -0.4 is 0 Å². The van der Waals surface area contributed by atoms with Crippen LogP contribution in [0.4, 0.5) is 13.2 Å². The molecule has 0 aliphatic rings. The van der Waals surface area contributed by atoms with Crippen LogP contribution >= 0.6 is 27.3 Å². The molecule has 1 rings (SSSR count). The maximum atomic E-state index is 12.2. The number of aliphatic hydroxyl groups is 1.